The van der Waals surface area contributed by atoms with Crippen LogP contribution >= 0.6 is 0 Å². The van der Waals surface area contributed by atoms with E-state index in [4.69, 9.17) is 30.3 Å². The predicted molar refractivity (Wildman–Crippen MR) is 549 cm³/mol. The first kappa shape index (κ1) is 77.6. The van der Waals surface area contributed by atoms with Crippen LogP contribution in [0.3, 0.4) is 0 Å². The number of allylic oxidation sites excluding steroid dienone is 1. The molecule has 0 fully saturated rings. The van der Waals surface area contributed by atoms with E-state index in [2.05, 4.69) is 410 Å². The molecule has 0 atom stereocenters. The molecule has 0 aliphatic heterocycles. The van der Waals surface area contributed by atoms with Crippen LogP contribution in [0.15, 0.2) is 473 Å². The highest BCUT2D eigenvalue weighted by Gasteiger charge is 2.26. The summed E-state index contributed by atoms with van der Waals surface area (Å²) in [5.41, 5.74) is 29.9. The van der Waals surface area contributed by atoms with E-state index in [1.807, 2.05) is 85.7 Å². The molecular formula is C120H80N12. The maximum absolute atomic E-state index is 8.20. The summed E-state index contributed by atoms with van der Waals surface area (Å²) in [5, 5.41) is 22.5. The predicted octanol–water partition coefficient (Wildman–Crippen LogP) is 30.1. The van der Waals surface area contributed by atoms with Gasteiger partial charge < -0.3 is 19.1 Å². The van der Waals surface area contributed by atoms with Crippen LogP contribution < -0.4 is 0 Å². The zero-order valence-corrected chi connectivity index (χ0v) is 71.5. The molecule has 0 spiro atoms. The highest BCUT2D eigenvalue weighted by molar-refractivity contribution is 6.29. The van der Waals surface area contributed by atoms with E-state index in [-0.39, 0.29) is 0 Å². The molecule has 0 aliphatic carbocycles. The van der Waals surface area contributed by atoms with Gasteiger partial charge in [0.05, 0.1) is 72.5 Å². The molecular weight excluding hydrogens is 1610 g/mol. The minimum atomic E-state index is 0.658. The summed E-state index contributed by atoms with van der Waals surface area (Å²) < 4.78 is 13.8. The van der Waals surface area contributed by atoms with Crippen molar-refractivity contribution in [3.05, 3.63) is 473 Å². The Labute approximate surface area is 759 Å². The van der Waals surface area contributed by atoms with Gasteiger partial charge in [0, 0.05) is 136 Å². The van der Waals surface area contributed by atoms with E-state index in [1.54, 1.807) is 6.20 Å². The molecule has 0 saturated heterocycles. The Morgan fingerprint density at radius 2 is 0.500 bits per heavy atom. The number of nitrogens with one attached hydrogen (secondary N) is 1. The van der Waals surface area contributed by atoms with Crippen LogP contribution in [-0.4, -0.2) is 59.9 Å². The number of aromatic nitrogens is 10. The molecule has 12 nitrogen and oxygen atoms in total. The lowest BCUT2D eigenvalue weighted by molar-refractivity contribution is 0.989. The lowest BCUT2D eigenvalue weighted by atomic mass is 10.0. The van der Waals surface area contributed by atoms with Crippen molar-refractivity contribution in [1.82, 2.24) is 47.3 Å². The van der Waals surface area contributed by atoms with E-state index in [0.717, 1.165) is 106 Å². The Kier molecular flexibility index (Phi) is 19.4. The number of para-hydroxylation sites is 7. The van der Waals surface area contributed by atoms with Gasteiger partial charge in [0.15, 0.2) is 0 Å². The number of hydrogen-bond donors (Lipinski definition) is 1. The van der Waals surface area contributed by atoms with Crippen molar-refractivity contribution in [1.29, 1.82) is 5.41 Å². The van der Waals surface area contributed by atoms with Crippen LogP contribution in [0, 0.1) is 5.41 Å². The Balaban J connectivity index is 0.000000110. The summed E-state index contributed by atoms with van der Waals surface area (Å²) in [5.74, 6) is 1.32. The van der Waals surface area contributed by atoms with Crippen LogP contribution in [0.25, 0.3) is 221 Å². The van der Waals surface area contributed by atoms with E-state index in [0.29, 0.717) is 11.9 Å². The third-order valence-corrected chi connectivity index (χ3v) is 25.7. The van der Waals surface area contributed by atoms with Gasteiger partial charge >= 0.3 is 0 Å². The molecule has 0 aliphatic rings. The Bertz CT molecular complexity index is 8940. The quantitative estimate of drug-likeness (QED) is 0.0862. The normalized spacial score (nSPS) is 11.8. The fraction of sp³-hybridized carbons (Fsp3) is 0. The average Bonchev–Trinajstić information content (AvgIpc) is 1.64. The molecule has 8 aromatic heterocycles. The number of nitrogens with zero attached hydrogens (tertiary/aromatic N) is 11. The zero-order chi connectivity index (χ0) is 87.5. The van der Waals surface area contributed by atoms with E-state index < -0.39 is 0 Å². The van der Waals surface area contributed by atoms with Gasteiger partial charge in [-0.15, -0.1) is 0 Å². The molecule has 0 bridgehead atoms. The fourth-order valence-corrected chi connectivity index (χ4v) is 19.6. The van der Waals surface area contributed by atoms with Crippen LogP contribution in [0.2, 0.25) is 0 Å². The van der Waals surface area contributed by atoms with Gasteiger partial charge in [-0.2, -0.15) is 0 Å². The first-order chi connectivity index (χ1) is 65.5. The summed E-state index contributed by atoms with van der Waals surface area (Å²) in [6, 6.07) is 154. The largest absolute Gasteiger partial charge is 0.309 e. The second-order valence-electron chi connectivity index (χ2n) is 33.1. The zero-order valence-electron chi connectivity index (χ0n) is 71.5. The molecule has 1 N–H and O–H groups in total. The second kappa shape index (κ2) is 33.1. The summed E-state index contributed by atoms with van der Waals surface area (Å²) in [6.45, 7) is 0. The van der Waals surface area contributed by atoms with Gasteiger partial charge in [-0.3, -0.25) is 13.7 Å². The monoisotopic (exact) mass is 1690 g/mol. The van der Waals surface area contributed by atoms with Gasteiger partial charge in [0.2, 0.25) is 11.9 Å². The van der Waals surface area contributed by atoms with Crippen molar-refractivity contribution in [2.24, 2.45) is 4.99 Å². The van der Waals surface area contributed by atoms with Crippen molar-refractivity contribution in [2.75, 3.05) is 0 Å². The van der Waals surface area contributed by atoms with Crippen molar-refractivity contribution >= 4 is 149 Å². The summed E-state index contributed by atoms with van der Waals surface area (Å²) >= 11 is 0. The third-order valence-electron chi connectivity index (χ3n) is 25.7. The van der Waals surface area contributed by atoms with E-state index in [1.165, 1.54) is 115 Å². The lowest BCUT2D eigenvalue weighted by Crippen LogP contribution is -2.02. The minimum Gasteiger partial charge on any atom is -0.309 e. The molecule has 0 radical (unpaired) electrons. The molecule has 0 saturated carbocycles. The first-order valence-corrected chi connectivity index (χ1v) is 44.4. The molecule has 620 valence electrons. The van der Waals surface area contributed by atoms with Crippen LogP contribution in [0.5, 0.6) is 0 Å². The average molecular weight is 1690 g/mol. The molecule has 8 heterocycles. The maximum Gasteiger partial charge on any atom is 0.234 e. The molecule has 18 aromatic carbocycles. The van der Waals surface area contributed by atoms with Crippen molar-refractivity contribution in [3.63, 3.8) is 0 Å². The van der Waals surface area contributed by atoms with Crippen LogP contribution in [-0.2, 0) is 0 Å². The minimum absolute atomic E-state index is 0.658. The van der Waals surface area contributed by atoms with Gasteiger partial charge in [0.1, 0.15) is 0 Å². The third kappa shape index (κ3) is 13.4. The smallest absolute Gasteiger partial charge is 0.234 e. The van der Waals surface area contributed by atoms with Gasteiger partial charge in [-0.05, 0) is 135 Å². The topological polar surface area (TPSA) is 117 Å². The maximum atomic E-state index is 8.20. The lowest BCUT2D eigenvalue weighted by Gasteiger charge is -2.11. The Morgan fingerprint density at radius 3 is 0.947 bits per heavy atom. The van der Waals surface area contributed by atoms with E-state index in [9.17, 15) is 0 Å². The molecule has 0 unspecified atom stereocenters. The SMILES string of the molecule is N=C/C(=C\N=Cn1c2ccccc2c2ccc3c(c4ccccc4n3-c3ccc(-c4ccccc4)cc3)c21)c1ccc(-c2ccccc2)cc1.c1ccc(-c2ccc(-n3c4ccccc4c4ccc5c(c6ccccc6n5-c5ncc(-c6ccccc6)cn5)c43)cc2)cc1.c1ccc(-c2cnc(-n3c4ccccc4c4ccc5c6ccccc6n(-c6ccccc6)c5c43)nc2)cc1. The highest BCUT2D eigenvalue weighted by Crippen LogP contribution is 2.46. The Morgan fingerprint density at radius 1 is 0.212 bits per heavy atom. The number of hydrogen-bond acceptors (Lipinski definition) is 6. The van der Waals surface area contributed by atoms with Crippen molar-refractivity contribution in [3.8, 4) is 84.6 Å². The van der Waals surface area contributed by atoms with Gasteiger partial charge in [-0.1, -0.05) is 352 Å². The number of benzene rings is 18. The van der Waals surface area contributed by atoms with Crippen molar-refractivity contribution in [2.45, 2.75) is 0 Å². The van der Waals surface area contributed by atoms with Crippen LogP contribution in [0.4, 0.5) is 0 Å². The molecule has 26 aromatic rings. The first-order valence-electron chi connectivity index (χ1n) is 44.4. The summed E-state index contributed by atoms with van der Waals surface area (Å²) in [4.78, 5) is 24.4. The van der Waals surface area contributed by atoms with Crippen molar-refractivity contribution < 1.29 is 0 Å². The Hall–Kier alpha value is -18.0. The molecule has 132 heavy (non-hydrogen) atoms. The summed E-state index contributed by atoms with van der Waals surface area (Å²) in [6.07, 6.45) is 12.7. The second-order valence-corrected chi connectivity index (χ2v) is 33.1. The molecule has 0 amide bonds. The molecule has 26 rings (SSSR count). The number of aliphatic imine (C=N–C) groups is 1. The van der Waals surface area contributed by atoms with Gasteiger partial charge in [0.25, 0.3) is 0 Å². The van der Waals surface area contributed by atoms with Crippen LogP contribution in [0.1, 0.15) is 5.56 Å². The molecule has 12 heteroatoms. The number of fused-ring (bicyclic) bond motifs is 21. The van der Waals surface area contributed by atoms with E-state index >= 15 is 0 Å². The summed E-state index contributed by atoms with van der Waals surface area (Å²) in [7, 11) is 0. The van der Waals surface area contributed by atoms with Gasteiger partial charge in [-0.25, -0.2) is 24.9 Å². The fourth-order valence-electron chi connectivity index (χ4n) is 19.6. The number of rotatable bonds is 14. The highest BCUT2D eigenvalue weighted by atomic mass is 15.2. The standard InChI is InChI=1S/C46H32N4.C40H26N4.C34H22N4/c47-29-37(36-21-19-34(20-22-36)32-11-3-1-4-12-32)30-48-31-49-42-17-9-7-15-39(42)40-27-28-44-45(46(40)49)41-16-8-10-18-43(41)50(44)38-25-23-35(24-26-38)33-13-5-2-6-14-33;1-3-11-27(12-4-1)29-19-21-31(22-20-29)43-35-17-9-7-15-32(35)33-23-24-37-38(39(33)43)34-16-8-10-18-36(34)44(37)40-41-25-30(26-42-40)28-13-5-2-6-14-28;1-3-11-23(12-4-1)24-21-35-34(36-22-24)38-31-18-10-8-16-27(31)29-20-19-28-26-15-7-9-17-30(26)37(32(28)33(29)38)25-13-5-2-6-14-25/h1-31,47H;1-26H;1-22H/b37-30+,47-29?,48-31?;;.